The molecule has 3 amide bonds. The van der Waals surface area contributed by atoms with Gasteiger partial charge < -0.3 is 5.73 Å². The van der Waals surface area contributed by atoms with Gasteiger partial charge in [-0.15, -0.1) is 11.3 Å². The lowest BCUT2D eigenvalue weighted by Gasteiger charge is -2.21. The van der Waals surface area contributed by atoms with Crippen LogP contribution in [0.25, 0.3) is 15.9 Å². The van der Waals surface area contributed by atoms with E-state index in [-0.39, 0.29) is 11.5 Å². The molecule has 1 atom stereocenters. The summed E-state index contributed by atoms with van der Waals surface area (Å²) >= 11 is 2.77. The van der Waals surface area contributed by atoms with E-state index in [0.29, 0.717) is 15.4 Å². The summed E-state index contributed by atoms with van der Waals surface area (Å²) in [6.07, 6.45) is 4.05. The summed E-state index contributed by atoms with van der Waals surface area (Å²) in [7, 11) is 0. The second-order valence-corrected chi connectivity index (χ2v) is 10.5. The molecular weight excluding hydrogens is 444 g/mol. The molecule has 7 nitrogen and oxygen atoms in total. The number of carbonyl (C=O) groups is 2. The molecule has 32 heavy (non-hydrogen) atoms. The molecule has 1 aromatic carbocycles. The molecule has 3 aromatic rings. The lowest BCUT2D eigenvalue weighted by atomic mass is 9.97. The number of hydrogen-bond acceptors (Lipinski definition) is 6. The summed E-state index contributed by atoms with van der Waals surface area (Å²) in [6, 6.07) is 6.75. The Labute approximate surface area is 194 Å². The van der Waals surface area contributed by atoms with Gasteiger partial charge in [0.15, 0.2) is 5.16 Å². The number of thioether (sulfide) groups is 1. The molecule has 1 unspecified atom stereocenters. The highest BCUT2D eigenvalue weighted by atomic mass is 32.2. The number of urea groups is 1. The minimum atomic E-state index is -0.896. The summed E-state index contributed by atoms with van der Waals surface area (Å²) in [5, 5.41) is 2.66. The number of aromatic nitrogens is 2. The molecule has 1 aliphatic rings. The average Bonchev–Trinajstić information content (AvgIpc) is 3.10. The van der Waals surface area contributed by atoms with Crippen LogP contribution in [0.2, 0.25) is 0 Å². The van der Waals surface area contributed by atoms with Crippen molar-refractivity contribution in [3.8, 4) is 5.69 Å². The number of aryl methyl sites for hydroxylation is 3. The molecule has 2 heterocycles. The van der Waals surface area contributed by atoms with Crippen molar-refractivity contribution in [3.63, 3.8) is 0 Å². The third-order valence-corrected chi connectivity index (χ3v) is 8.34. The van der Waals surface area contributed by atoms with E-state index in [1.807, 2.05) is 45.0 Å². The van der Waals surface area contributed by atoms with Crippen molar-refractivity contribution >= 4 is 45.3 Å². The minimum absolute atomic E-state index is 0.107. The predicted octanol–water partition coefficient (Wildman–Crippen LogP) is 3.95. The van der Waals surface area contributed by atoms with Crippen molar-refractivity contribution in [1.82, 2.24) is 14.9 Å². The molecule has 2 aromatic heterocycles. The number of carbonyl (C=O) groups excluding carboxylic acids is 2. The summed E-state index contributed by atoms with van der Waals surface area (Å²) in [5.41, 5.74) is 7.86. The van der Waals surface area contributed by atoms with Gasteiger partial charge in [0.05, 0.1) is 16.3 Å². The van der Waals surface area contributed by atoms with Crippen molar-refractivity contribution in [3.05, 3.63) is 50.6 Å². The van der Waals surface area contributed by atoms with Gasteiger partial charge in [-0.05, 0) is 55.7 Å². The van der Waals surface area contributed by atoms with Gasteiger partial charge in [-0.1, -0.05) is 43.8 Å². The quantitative estimate of drug-likeness (QED) is 0.434. The molecule has 9 heteroatoms. The molecule has 168 valence electrons. The normalized spacial score (nSPS) is 14.4. The maximum Gasteiger partial charge on any atom is 0.318 e. The molecule has 4 rings (SSSR count). The Balaban J connectivity index is 1.93. The average molecular weight is 471 g/mol. The van der Waals surface area contributed by atoms with Gasteiger partial charge >= 0.3 is 6.03 Å². The Hall–Kier alpha value is -2.65. The van der Waals surface area contributed by atoms with Crippen molar-refractivity contribution in [2.75, 3.05) is 0 Å². The molecule has 0 aliphatic heterocycles. The van der Waals surface area contributed by atoms with Crippen LogP contribution in [0.4, 0.5) is 4.79 Å². The molecule has 0 spiro atoms. The number of primary amides is 1. The van der Waals surface area contributed by atoms with Gasteiger partial charge in [-0.25, -0.2) is 9.78 Å². The Morgan fingerprint density at radius 3 is 2.62 bits per heavy atom. The molecule has 0 fully saturated rings. The summed E-state index contributed by atoms with van der Waals surface area (Å²) in [4.78, 5) is 44.7. The number of nitrogens with zero attached hydrogens (tertiary/aromatic N) is 2. The SMILES string of the molecule is Cc1ccccc1-n1c(SC(C(=O)NC(N)=O)C(C)C)nc2sc3c(c2c1=O)CCCC3. The third kappa shape index (κ3) is 4.19. The lowest BCUT2D eigenvalue weighted by molar-refractivity contribution is -0.120. The fraction of sp³-hybridized carbons (Fsp3) is 0.391. The van der Waals surface area contributed by atoms with Crippen LogP contribution < -0.4 is 16.6 Å². The number of amides is 3. The number of nitrogens with two attached hydrogens (primary N) is 1. The molecule has 3 N–H and O–H groups in total. The van der Waals surface area contributed by atoms with E-state index in [4.69, 9.17) is 10.7 Å². The number of fused-ring (bicyclic) bond motifs is 3. The molecule has 1 aliphatic carbocycles. The fourth-order valence-corrected chi connectivity index (χ4v) is 6.50. The standard InChI is InChI=1S/C23H26N4O3S2/c1-12(2)18(19(28)25-22(24)30)32-23-26-20-17(14-9-5-7-11-16(14)31-20)21(29)27(23)15-10-6-4-8-13(15)3/h4,6,8,10,12,18H,5,7,9,11H2,1-3H3,(H3,24,25,28,30). The molecule has 0 radical (unpaired) electrons. The first kappa shape index (κ1) is 22.5. The van der Waals surface area contributed by atoms with E-state index >= 15 is 0 Å². The maximum atomic E-state index is 13.9. The zero-order valence-electron chi connectivity index (χ0n) is 18.3. The van der Waals surface area contributed by atoms with Crippen molar-refractivity contribution in [2.45, 2.75) is 56.9 Å². The molecule has 0 saturated carbocycles. The summed E-state index contributed by atoms with van der Waals surface area (Å²) in [6.45, 7) is 5.72. The topological polar surface area (TPSA) is 107 Å². The number of rotatable bonds is 5. The lowest BCUT2D eigenvalue weighted by Crippen LogP contribution is -2.42. The number of imide groups is 1. The molecule has 0 bridgehead atoms. The first-order valence-electron chi connectivity index (χ1n) is 10.7. The Morgan fingerprint density at radius 2 is 1.94 bits per heavy atom. The second kappa shape index (κ2) is 9.07. The number of para-hydroxylation sites is 1. The van der Waals surface area contributed by atoms with Crippen LogP contribution in [0.15, 0.2) is 34.2 Å². The van der Waals surface area contributed by atoms with Gasteiger partial charge in [-0.3, -0.25) is 19.5 Å². The van der Waals surface area contributed by atoms with Crippen LogP contribution in [0.1, 0.15) is 42.7 Å². The predicted molar refractivity (Wildman–Crippen MR) is 129 cm³/mol. The number of thiophene rings is 1. The van der Waals surface area contributed by atoms with Crippen LogP contribution in [0.3, 0.4) is 0 Å². The van der Waals surface area contributed by atoms with Crippen molar-refractivity contribution in [2.24, 2.45) is 11.7 Å². The second-order valence-electron chi connectivity index (χ2n) is 8.35. The van der Waals surface area contributed by atoms with Crippen LogP contribution >= 0.6 is 23.1 Å². The fourth-order valence-electron chi connectivity index (χ4n) is 4.09. The Kier molecular flexibility index (Phi) is 6.39. The van der Waals surface area contributed by atoms with E-state index in [1.54, 1.807) is 15.9 Å². The zero-order valence-corrected chi connectivity index (χ0v) is 19.9. The highest BCUT2D eigenvalue weighted by molar-refractivity contribution is 8.00. The van der Waals surface area contributed by atoms with Gasteiger partial charge in [-0.2, -0.15) is 0 Å². The minimum Gasteiger partial charge on any atom is -0.351 e. The van der Waals surface area contributed by atoms with Gasteiger partial charge in [0.25, 0.3) is 5.56 Å². The van der Waals surface area contributed by atoms with Crippen LogP contribution in [-0.4, -0.2) is 26.7 Å². The third-order valence-electron chi connectivity index (χ3n) is 5.66. The van der Waals surface area contributed by atoms with Crippen LogP contribution in [0, 0.1) is 12.8 Å². The van der Waals surface area contributed by atoms with Crippen molar-refractivity contribution < 1.29 is 9.59 Å². The highest BCUT2D eigenvalue weighted by Crippen LogP contribution is 2.36. The highest BCUT2D eigenvalue weighted by Gasteiger charge is 2.29. The largest absolute Gasteiger partial charge is 0.351 e. The monoisotopic (exact) mass is 470 g/mol. The number of hydrogen-bond donors (Lipinski definition) is 2. The van der Waals surface area contributed by atoms with Gasteiger partial charge in [0.1, 0.15) is 4.83 Å². The van der Waals surface area contributed by atoms with Gasteiger partial charge in [0.2, 0.25) is 5.91 Å². The first-order valence-corrected chi connectivity index (χ1v) is 12.4. The molecular formula is C23H26N4O3S2. The van der Waals surface area contributed by atoms with Gasteiger partial charge in [0, 0.05) is 4.88 Å². The maximum absolute atomic E-state index is 13.9. The van der Waals surface area contributed by atoms with Crippen LogP contribution in [0.5, 0.6) is 0 Å². The van der Waals surface area contributed by atoms with E-state index in [9.17, 15) is 14.4 Å². The van der Waals surface area contributed by atoms with E-state index in [1.165, 1.54) is 16.6 Å². The summed E-state index contributed by atoms with van der Waals surface area (Å²) < 4.78 is 1.62. The van der Waals surface area contributed by atoms with E-state index < -0.39 is 17.2 Å². The Bertz CT molecular complexity index is 1260. The number of nitrogens with one attached hydrogen (secondary N) is 1. The van der Waals surface area contributed by atoms with Crippen LogP contribution in [-0.2, 0) is 17.6 Å². The Morgan fingerprint density at radius 1 is 1.22 bits per heavy atom. The van der Waals surface area contributed by atoms with E-state index in [0.717, 1.165) is 42.5 Å². The van der Waals surface area contributed by atoms with E-state index in [2.05, 4.69) is 5.32 Å². The first-order chi connectivity index (χ1) is 15.3. The van der Waals surface area contributed by atoms with Crippen molar-refractivity contribution in [1.29, 1.82) is 0 Å². The molecule has 0 saturated heterocycles. The summed E-state index contributed by atoms with van der Waals surface area (Å²) in [5.74, 6) is -0.609. The number of benzene rings is 1. The smallest absolute Gasteiger partial charge is 0.318 e. The zero-order chi connectivity index (χ0) is 23.0.